The average Bonchev–Trinajstić information content (AvgIpc) is 2.45. The molecule has 0 fully saturated rings. The summed E-state index contributed by atoms with van der Waals surface area (Å²) in [4.78, 5) is 22.8. The van der Waals surface area contributed by atoms with E-state index in [2.05, 4.69) is 14.8 Å². The molecule has 0 aliphatic carbocycles. The molecule has 6 nitrogen and oxygen atoms in total. The third kappa shape index (κ3) is 3.50. The van der Waals surface area contributed by atoms with Gasteiger partial charge >= 0.3 is 11.9 Å². The number of nitrogens with one attached hydrogen (secondary N) is 1. The van der Waals surface area contributed by atoms with E-state index in [0.717, 1.165) is 11.6 Å². The zero-order chi connectivity index (χ0) is 15.3. The maximum absolute atomic E-state index is 11.6. The van der Waals surface area contributed by atoms with Gasteiger partial charge in [-0.25, -0.2) is 9.59 Å². The van der Waals surface area contributed by atoms with Crippen molar-refractivity contribution in [1.82, 2.24) is 0 Å². The van der Waals surface area contributed by atoms with E-state index in [9.17, 15) is 14.7 Å². The highest BCUT2D eigenvalue weighted by atomic mass is 16.5. The standard InChI is InChI=1S/C14H17NO5/c1-8-5-6-10(13(17)9(8)2)15-11(14(18)20-4)7-12(16)19-3/h5-7,15,17H,1-4H3/b11-7+. The highest BCUT2D eigenvalue weighted by Gasteiger charge is 2.15. The summed E-state index contributed by atoms with van der Waals surface area (Å²) in [5, 5.41) is 12.7. The number of benzene rings is 1. The van der Waals surface area contributed by atoms with Gasteiger partial charge < -0.3 is 19.9 Å². The molecular weight excluding hydrogens is 262 g/mol. The van der Waals surface area contributed by atoms with Crippen LogP contribution in [0.1, 0.15) is 11.1 Å². The van der Waals surface area contributed by atoms with Crippen LogP contribution in [0.25, 0.3) is 0 Å². The number of hydrogen-bond donors (Lipinski definition) is 2. The number of aryl methyl sites for hydroxylation is 1. The fourth-order valence-electron chi connectivity index (χ4n) is 1.48. The van der Waals surface area contributed by atoms with E-state index in [1.807, 2.05) is 6.92 Å². The number of phenolic OH excluding ortho intramolecular Hbond substituents is 1. The molecule has 0 aliphatic heterocycles. The van der Waals surface area contributed by atoms with E-state index in [0.29, 0.717) is 11.3 Å². The number of carbonyl (C=O) groups is 2. The van der Waals surface area contributed by atoms with Crippen molar-refractivity contribution in [2.24, 2.45) is 0 Å². The van der Waals surface area contributed by atoms with Gasteiger partial charge in [0.25, 0.3) is 0 Å². The predicted molar refractivity (Wildman–Crippen MR) is 73.3 cm³/mol. The Hall–Kier alpha value is -2.50. The van der Waals surface area contributed by atoms with Gasteiger partial charge in [-0.15, -0.1) is 0 Å². The van der Waals surface area contributed by atoms with Crippen LogP contribution >= 0.6 is 0 Å². The summed E-state index contributed by atoms with van der Waals surface area (Å²) >= 11 is 0. The second-order valence-electron chi connectivity index (χ2n) is 4.10. The smallest absolute Gasteiger partial charge is 0.354 e. The normalized spacial score (nSPS) is 10.9. The van der Waals surface area contributed by atoms with Gasteiger partial charge in [0.2, 0.25) is 0 Å². The van der Waals surface area contributed by atoms with Gasteiger partial charge in [-0.3, -0.25) is 0 Å². The Labute approximate surface area is 117 Å². The summed E-state index contributed by atoms with van der Waals surface area (Å²) < 4.78 is 9.03. The van der Waals surface area contributed by atoms with Crippen LogP contribution in [-0.4, -0.2) is 31.3 Å². The third-order valence-electron chi connectivity index (χ3n) is 2.84. The van der Waals surface area contributed by atoms with Crippen molar-refractivity contribution >= 4 is 17.6 Å². The lowest BCUT2D eigenvalue weighted by molar-refractivity contribution is -0.138. The number of ether oxygens (including phenoxy) is 2. The second-order valence-corrected chi connectivity index (χ2v) is 4.10. The molecule has 0 aliphatic rings. The topological polar surface area (TPSA) is 84.9 Å². The maximum atomic E-state index is 11.6. The van der Waals surface area contributed by atoms with E-state index in [4.69, 9.17) is 0 Å². The van der Waals surface area contributed by atoms with Crippen molar-refractivity contribution in [1.29, 1.82) is 0 Å². The number of carbonyl (C=O) groups excluding carboxylic acids is 2. The van der Waals surface area contributed by atoms with Crippen LogP contribution in [0.2, 0.25) is 0 Å². The third-order valence-corrected chi connectivity index (χ3v) is 2.84. The van der Waals surface area contributed by atoms with Gasteiger partial charge in [-0.1, -0.05) is 6.07 Å². The van der Waals surface area contributed by atoms with E-state index in [-0.39, 0.29) is 11.4 Å². The number of aromatic hydroxyl groups is 1. The van der Waals surface area contributed by atoms with Crippen molar-refractivity contribution in [3.63, 3.8) is 0 Å². The van der Waals surface area contributed by atoms with Crippen LogP contribution in [0.3, 0.4) is 0 Å². The molecule has 0 saturated heterocycles. The quantitative estimate of drug-likeness (QED) is 0.495. The summed E-state index contributed by atoms with van der Waals surface area (Å²) in [6.45, 7) is 3.60. The second kappa shape index (κ2) is 6.60. The first-order valence-electron chi connectivity index (χ1n) is 5.84. The van der Waals surface area contributed by atoms with Crippen LogP contribution in [-0.2, 0) is 19.1 Å². The number of rotatable bonds is 4. The molecule has 0 heterocycles. The monoisotopic (exact) mass is 279 g/mol. The Balaban J connectivity index is 3.14. The zero-order valence-electron chi connectivity index (χ0n) is 11.8. The van der Waals surface area contributed by atoms with E-state index < -0.39 is 11.9 Å². The minimum Gasteiger partial charge on any atom is -0.505 e. The molecule has 0 spiro atoms. The van der Waals surface area contributed by atoms with Gasteiger partial charge in [0.1, 0.15) is 11.4 Å². The molecule has 0 saturated carbocycles. The van der Waals surface area contributed by atoms with Crippen LogP contribution in [0.4, 0.5) is 5.69 Å². The first-order valence-corrected chi connectivity index (χ1v) is 5.84. The predicted octanol–water partition coefficient (Wildman–Crippen LogP) is 1.65. The molecule has 20 heavy (non-hydrogen) atoms. The average molecular weight is 279 g/mol. The lowest BCUT2D eigenvalue weighted by Crippen LogP contribution is -2.15. The van der Waals surface area contributed by atoms with Crippen molar-refractivity contribution in [3.8, 4) is 5.75 Å². The van der Waals surface area contributed by atoms with Gasteiger partial charge in [-0.2, -0.15) is 0 Å². The minimum absolute atomic E-state index is 0.00432. The summed E-state index contributed by atoms with van der Waals surface area (Å²) in [5.41, 5.74) is 1.76. The van der Waals surface area contributed by atoms with Gasteiger partial charge in [0.15, 0.2) is 0 Å². The van der Waals surface area contributed by atoms with Gasteiger partial charge in [-0.05, 0) is 31.0 Å². The lowest BCUT2D eigenvalue weighted by atomic mass is 10.1. The number of phenols is 1. The Kier molecular flexibility index (Phi) is 5.14. The molecule has 0 aromatic heterocycles. The SMILES string of the molecule is COC(=O)/C=C(/Nc1ccc(C)c(C)c1O)C(=O)OC. The molecular formula is C14H17NO5. The maximum Gasteiger partial charge on any atom is 0.354 e. The molecule has 0 radical (unpaired) electrons. The van der Waals surface area contributed by atoms with Crippen LogP contribution < -0.4 is 5.32 Å². The van der Waals surface area contributed by atoms with E-state index in [1.54, 1.807) is 19.1 Å². The fourth-order valence-corrected chi connectivity index (χ4v) is 1.48. The molecule has 0 amide bonds. The Morgan fingerprint density at radius 3 is 2.40 bits per heavy atom. The number of methoxy groups -OCH3 is 2. The largest absolute Gasteiger partial charge is 0.505 e. The highest BCUT2D eigenvalue weighted by molar-refractivity contribution is 5.99. The van der Waals surface area contributed by atoms with Crippen molar-refractivity contribution in [3.05, 3.63) is 35.0 Å². The zero-order valence-corrected chi connectivity index (χ0v) is 11.8. The molecule has 1 rings (SSSR count). The van der Waals surface area contributed by atoms with Crippen molar-refractivity contribution in [2.75, 3.05) is 19.5 Å². The van der Waals surface area contributed by atoms with E-state index >= 15 is 0 Å². The summed E-state index contributed by atoms with van der Waals surface area (Å²) in [6.07, 6.45) is 0.959. The van der Waals surface area contributed by atoms with Crippen LogP contribution in [0.5, 0.6) is 5.75 Å². The van der Waals surface area contributed by atoms with E-state index in [1.165, 1.54) is 14.2 Å². The van der Waals surface area contributed by atoms with Crippen molar-refractivity contribution < 1.29 is 24.2 Å². The Morgan fingerprint density at radius 2 is 1.85 bits per heavy atom. The van der Waals surface area contributed by atoms with Gasteiger partial charge in [0.05, 0.1) is 26.0 Å². The first kappa shape index (κ1) is 15.6. The summed E-state index contributed by atoms with van der Waals surface area (Å²) in [5.74, 6) is -1.45. The Morgan fingerprint density at radius 1 is 1.20 bits per heavy atom. The van der Waals surface area contributed by atoms with Gasteiger partial charge in [0, 0.05) is 0 Å². The number of esters is 2. The highest BCUT2D eigenvalue weighted by Crippen LogP contribution is 2.30. The molecule has 0 atom stereocenters. The van der Waals surface area contributed by atoms with Crippen molar-refractivity contribution in [2.45, 2.75) is 13.8 Å². The van der Waals surface area contributed by atoms with Crippen LogP contribution in [0, 0.1) is 13.8 Å². The number of anilines is 1. The lowest BCUT2D eigenvalue weighted by Gasteiger charge is -2.13. The molecule has 0 bridgehead atoms. The minimum atomic E-state index is -0.743. The molecule has 2 N–H and O–H groups in total. The molecule has 1 aromatic carbocycles. The fraction of sp³-hybridized carbons (Fsp3) is 0.286. The molecule has 0 unspecified atom stereocenters. The molecule has 108 valence electrons. The molecule has 6 heteroatoms. The summed E-state index contributed by atoms with van der Waals surface area (Å²) in [6, 6.07) is 3.39. The molecule has 1 aromatic rings. The number of hydrogen-bond acceptors (Lipinski definition) is 6. The summed E-state index contributed by atoms with van der Waals surface area (Å²) in [7, 11) is 2.39. The van der Waals surface area contributed by atoms with Crippen LogP contribution in [0.15, 0.2) is 23.9 Å². The first-order chi connectivity index (χ1) is 9.40. The Bertz CT molecular complexity index is 563.